The van der Waals surface area contributed by atoms with Crippen LogP contribution in [-0.2, 0) is 14.9 Å². The van der Waals surface area contributed by atoms with Crippen LogP contribution >= 0.6 is 24.0 Å². The van der Waals surface area contributed by atoms with Gasteiger partial charge in [0, 0.05) is 30.2 Å². The van der Waals surface area contributed by atoms with Gasteiger partial charge in [-0.2, -0.15) is 0 Å². The highest BCUT2D eigenvalue weighted by Crippen LogP contribution is 2.29. The third-order valence-electron chi connectivity index (χ3n) is 4.38. The minimum absolute atomic E-state index is 0. The minimum Gasteiger partial charge on any atom is -0.381 e. The molecule has 130 valence electrons. The summed E-state index contributed by atoms with van der Waals surface area (Å²) in [6.45, 7) is 6.02. The molecule has 0 spiro atoms. The summed E-state index contributed by atoms with van der Waals surface area (Å²) in [5.74, 6) is 0.115. The molecule has 3 N–H and O–H groups in total. The van der Waals surface area contributed by atoms with Crippen molar-refractivity contribution < 1.29 is 9.53 Å². The molecule has 1 aromatic carbocycles. The fraction of sp³-hybridized carbons (Fsp3) is 0.588. The molecule has 1 unspecified atom stereocenters. The second kappa shape index (κ2) is 8.88. The molecule has 1 aliphatic heterocycles. The number of rotatable bonds is 5. The molecular weight excluding hydrogens is 335 g/mol. The van der Waals surface area contributed by atoms with Gasteiger partial charge in [-0.25, -0.2) is 0 Å². The molecule has 6 heteroatoms. The second-order valence-electron chi connectivity index (χ2n) is 6.56. The van der Waals surface area contributed by atoms with Crippen LogP contribution in [0.2, 0.25) is 5.02 Å². The number of carbonyl (C=O) groups excluding carboxylic acids is 1. The van der Waals surface area contributed by atoms with Gasteiger partial charge in [-0.05, 0) is 30.4 Å². The first-order chi connectivity index (χ1) is 10.4. The van der Waals surface area contributed by atoms with Crippen molar-refractivity contribution in [3.63, 3.8) is 0 Å². The van der Waals surface area contributed by atoms with Crippen molar-refractivity contribution in [2.45, 2.75) is 38.1 Å². The molecule has 1 aliphatic rings. The van der Waals surface area contributed by atoms with Crippen LogP contribution < -0.4 is 11.1 Å². The van der Waals surface area contributed by atoms with E-state index in [9.17, 15) is 4.79 Å². The highest BCUT2D eigenvalue weighted by molar-refractivity contribution is 6.31. The topological polar surface area (TPSA) is 64.4 Å². The van der Waals surface area contributed by atoms with Crippen LogP contribution in [-0.4, -0.2) is 31.7 Å². The van der Waals surface area contributed by atoms with Gasteiger partial charge in [0.15, 0.2) is 0 Å². The molecule has 23 heavy (non-hydrogen) atoms. The number of hydrogen-bond donors (Lipinski definition) is 2. The van der Waals surface area contributed by atoms with Crippen molar-refractivity contribution in [3.05, 3.63) is 34.9 Å². The molecular formula is C17H26Cl2N2O2. The van der Waals surface area contributed by atoms with Gasteiger partial charge in [-0.1, -0.05) is 43.6 Å². The zero-order chi connectivity index (χ0) is 16.2. The molecule has 4 nitrogen and oxygen atoms in total. The summed E-state index contributed by atoms with van der Waals surface area (Å²) in [6, 6.07) is 7.26. The molecule has 1 saturated heterocycles. The smallest absolute Gasteiger partial charge is 0.237 e. The zero-order valence-corrected chi connectivity index (χ0v) is 15.3. The normalized spacial score (nSPS) is 17.2. The fourth-order valence-corrected chi connectivity index (χ4v) is 3.21. The van der Waals surface area contributed by atoms with Gasteiger partial charge in [0.05, 0.1) is 6.04 Å². The number of ether oxygens (including phenoxy) is 1. The molecule has 1 atom stereocenters. The van der Waals surface area contributed by atoms with Crippen molar-refractivity contribution >= 4 is 29.9 Å². The Morgan fingerprint density at radius 1 is 1.39 bits per heavy atom. The number of benzene rings is 1. The molecule has 0 radical (unpaired) electrons. The predicted octanol–water partition coefficient (Wildman–Crippen LogP) is 2.91. The van der Waals surface area contributed by atoms with Gasteiger partial charge >= 0.3 is 0 Å². The minimum atomic E-state index is -0.467. The summed E-state index contributed by atoms with van der Waals surface area (Å²) >= 11 is 6.26. The molecule has 0 aliphatic carbocycles. The lowest BCUT2D eigenvalue weighted by Gasteiger charge is -2.30. The van der Waals surface area contributed by atoms with Crippen molar-refractivity contribution in [1.82, 2.24) is 5.32 Å². The van der Waals surface area contributed by atoms with Crippen LogP contribution in [0.25, 0.3) is 0 Å². The number of halogens is 2. The molecule has 1 fully saturated rings. The van der Waals surface area contributed by atoms with Crippen LogP contribution in [0.3, 0.4) is 0 Å². The van der Waals surface area contributed by atoms with Gasteiger partial charge in [-0.15, -0.1) is 12.4 Å². The Balaban J connectivity index is 0.00000264. The molecule has 1 heterocycles. The monoisotopic (exact) mass is 360 g/mol. The Bertz CT molecular complexity index is 517. The van der Waals surface area contributed by atoms with E-state index in [1.54, 1.807) is 0 Å². The van der Waals surface area contributed by atoms with Crippen molar-refractivity contribution in [2.75, 3.05) is 19.8 Å². The van der Waals surface area contributed by atoms with Gasteiger partial charge in [-0.3, -0.25) is 4.79 Å². The molecule has 1 aromatic rings. The molecule has 0 aromatic heterocycles. The SMILES string of the molecule is CC(C)(CNC(=O)C(N)C1CCOCC1)c1ccccc1Cl.Cl. The Morgan fingerprint density at radius 2 is 2.00 bits per heavy atom. The van der Waals surface area contributed by atoms with E-state index in [1.807, 2.05) is 24.3 Å². The van der Waals surface area contributed by atoms with Gasteiger partial charge in [0.25, 0.3) is 0 Å². The van der Waals surface area contributed by atoms with Crippen LogP contribution in [0.4, 0.5) is 0 Å². The Morgan fingerprint density at radius 3 is 2.61 bits per heavy atom. The quantitative estimate of drug-likeness (QED) is 0.848. The number of hydrogen-bond acceptors (Lipinski definition) is 3. The third kappa shape index (κ3) is 5.35. The van der Waals surface area contributed by atoms with E-state index >= 15 is 0 Å². The van der Waals surface area contributed by atoms with E-state index in [-0.39, 0.29) is 29.6 Å². The van der Waals surface area contributed by atoms with Crippen molar-refractivity contribution in [1.29, 1.82) is 0 Å². The summed E-state index contributed by atoms with van der Waals surface area (Å²) in [4.78, 5) is 12.3. The lowest BCUT2D eigenvalue weighted by Crippen LogP contribution is -2.49. The standard InChI is InChI=1S/C17H25ClN2O2.ClH/c1-17(2,13-5-3-4-6-14(13)18)11-20-16(21)15(19)12-7-9-22-10-8-12;/h3-6,12,15H,7-11,19H2,1-2H3,(H,20,21);1H. The molecule has 0 bridgehead atoms. The van der Waals surface area contributed by atoms with E-state index in [0.29, 0.717) is 19.8 Å². The number of nitrogens with two attached hydrogens (primary N) is 1. The van der Waals surface area contributed by atoms with Crippen LogP contribution in [0.5, 0.6) is 0 Å². The lowest BCUT2D eigenvalue weighted by molar-refractivity contribution is -0.124. The fourth-order valence-electron chi connectivity index (χ4n) is 2.82. The maximum Gasteiger partial charge on any atom is 0.237 e. The van der Waals surface area contributed by atoms with Crippen LogP contribution in [0.15, 0.2) is 24.3 Å². The van der Waals surface area contributed by atoms with E-state index in [2.05, 4.69) is 19.2 Å². The summed E-state index contributed by atoms with van der Waals surface area (Å²) in [5, 5.41) is 3.70. The van der Waals surface area contributed by atoms with E-state index in [0.717, 1.165) is 23.4 Å². The first kappa shape index (κ1) is 20.2. The van der Waals surface area contributed by atoms with Gasteiger partial charge < -0.3 is 15.8 Å². The van der Waals surface area contributed by atoms with E-state index in [1.165, 1.54) is 0 Å². The Hall–Kier alpha value is -0.810. The molecule has 0 saturated carbocycles. The van der Waals surface area contributed by atoms with Crippen LogP contribution in [0, 0.1) is 5.92 Å². The maximum atomic E-state index is 12.3. The second-order valence-corrected chi connectivity index (χ2v) is 6.96. The zero-order valence-electron chi connectivity index (χ0n) is 13.7. The predicted molar refractivity (Wildman–Crippen MR) is 96.3 cm³/mol. The maximum absolute atomic E-state index is 12.3. The Labute approximate surface area is 149 Å². The van der Waals surface area contributed by atoms with E-state index in [4.69, 9.17) is 22.1 Å². The third-order valence-corrected chi connectivity index (χ3v) is 4.71. The van der Waals surface area contributed by atoms with Crippen LogP contribution in [0.1, 0.15) is 32.3 Å². The number of carbonyl (C=O) groups is 1. The highest BCUT2D eigenvalue weighted by atomic mass is 35.5. The molecule has 2 rings (SSSR count). The van der Waals surface area contributed by atoms with Gasteiger partial charge in [0.2, 0.25) is 5.91 Å². The molecule has 1 amide bonds. The highest BCUT2D eigenvalue weighted by Gasteiger charge is 2.29. The van der Waals surface area contributed by atoms with Crippen molar-refractivity contribution in [3.8, 4) is 0 Å². The summed E-state index contributed by atoms with van der Waals surface area (Å²) in [7, 11) is 0. The summed E-state index contributed by atoms with van der Waals surface area (Å²) in [5.41, 5.74) is 6.87. The average molecular weight is 361 g/mol. The number of amides is 1. The summed E-state index contributed by atoms with van der Waals surface area (Å²) < 4.78 is 5.31. The van der Waals surface area contributed by atoms with E-state index < -0.39 is 6.04 Å². The van der Waals surface area contributed by atoms with Crippen molar-refractivity contribution in [2.24, 2.45) is 11.7 Å². The average Bonchev–Trinajstić information content (AvgIpc) is 2.53. The first-order valence-electron chi connectivity index (χ1n) is 7.78. The summed E-state index contributed by atoms with van der Waals surface area (Å²) in [6.07, 6.45) is 1.70. The lowest BCUT2D eigenvalue weighted by atomic mass is 9.84. The first-order valence-corrected chi connectivity index (χ1v) is 8.15. The number of nitrogens with one attached hydrogen (secondary N) is 1. The largest absolute Gasteiger partial charge is 0.381 e. The Kier molecular flexibility index (Phi) is 7.81. The van der Waals surface area contributed by atoms with Gasteiger partial charge in [0.1, 0.15) is 0 Å².